The summed E-state index contributed by atoms with van der Waals surface area (Å²) in [6, 6.07) is 7.72. The number of aryl methyl sites for hydroxylation is 1. The number of aromatic nitrogens is 4. The summed E-state index contributed by atoms with van der Waals surface area (Å²) in [5, 5.41) is 12.7. The van der Waals surface area contributed by atoms with Crippen LogP contribution in [0.4, 0.5) is 0 Å². The maximum atomic E-state index is 5.15. The van der Waals surface area contributed by atoms with Crippen LogP contribution < -0.4 is 4.74 Å². The Morgan fingerprint density at radius 3 is 2.48 bits per heavy atom. The molecule has 3 rings (SSSR count). The van der Waals surface area contributed by atoms with Crippen molar-refractivity contribution in [2.75, 3.05) is 26.7 Å². The maximum absolute atomic E-state index is 5.15. The standard InChI is InChI=1S/C16H23N5O.ClH/c1-22-15-8-6-14(7-9-15)16-17-19-21(18-16)13-5-12-20-10-3-2-4-11-20;/h6-9H,2-5,10-13H2,1H3;1H. The lowest BCUT2D eigenvalue weighted by molar-refractivity contribution is 0.220. The van der Waals surface area contributed by atoms with Crippen molar-refractivity contribution in [2.45, 2.75) is 32.2 Å². The van der Waals surface area contributed by atoms with Crippen LogP contribution in [0, 0.1) is 0 Å². The Kier molecular flexibility index (Phi) is 6.80. The van der Waals surface area contributed by atoms with Gasteiger partial charge in [-0.15, -0.1) is 22.6 Å². The molecule has 1 aliphatic heterocycles. The molecule has 0 unspecified atom stereocenters. The van der Waals surface area contributed by atoms with Gasteiger partial charge in [-0.2, -0.15) is 4.80 Å². The third-order valence-electron chi connectivity index (χ3n) is 4.08. The van der Waals surface area contributed by atoms with Crippen LogP contribution in [0.15, 0.2) is 24.3 Å². The van der Waals surface area contributed by atoms with Crippen molar-refractivity contribution in [2.24, 2.45) is 0 Å². The Hall–Kier alpha value is -1.66. The first kappa shape index (κ1) is 17.7. The number of methoxy groups -OCH3 is 1. The summed E-state index contributed by atoms with van der Waals surface area (Å²) >= 11 is 0. The quantitative estimate of drug-likeness (QED) is 0.811. The fourth-order valence-corrected chi connectivity index (χ4v) is 2.81. The topological polar surface area (TPSA) is 56.1 Å². The van der Waals surface area contributed by atoms with Gasteiger partial charge in [0.15, 0.2) is 0 Å². The van der Waals surface area contributed by atoms with Gasteiger partial charge in [0.25, 0.3) is 0 Å². The Morgan fingerprint density at radius 2 is 1.78 bits per heavy atom. The van der Waals surface area contributed by atoms with E-state index >= 15 is 0 Å². The molecular weight excluding hydrogens is 314 g/mol. The van der Waals surface area contributed by atoms with Crippen LogP contribution >= 0.6 is 12.4 Å². The van der Waals surface area contributed by atoms with Crippen molar-refractivity contribution in [3.63, 3.8) is 0 Å². The van der Waals surface area contributed by atoms with Crippen LogP contribution in [0.1, 0.15) is 25.7 Å². The van der Waals surface area contributed by atoms with Crippen LogP contribution in [0.2, 0.25) is 0 Å². The Balaban J connectivity index is 0.00000192. The molecule has 1 aromatic carbocycles. The number of hydrogen-bond acceptors (Lipinski definition) is 5. The Bertz CT molecular complexity index is 580. The van der Waals surface area contributed by atoms with E-state index in [1.54, 1.807) is 11.9 Å². The van der Waals surface area contributed by atoms with Gasteiger partial charge in [0.05, 0.1) is 13.7 Å². The van der Waals surface area contributed by atoms with Crippen molar-refractivity contribution < 1.29 is 4.74 Å². The van der Waals surface area contributed by atoms with Crippen molar-refractivity contribution in [3.05, 3.63) is 24.3 Å². The van der Waals surface area contributed by atoms with E-state index < -0.39 is 0 Å². The molecule has 1 saturated heterocycles. The van der Waals surface area contributed by atoms with E-state index in [-0.39, 0.29) is 12.4 Å². The fourth-order valence-electron chi connectivity index (χ4n) is 2.81. The summed E-state index contributed by atoms with van der Waals surface area (Å²) in [5.74, 6) is 1.50. The van der Waals surface area contributed by atoms with Gasteiger partial charge >= 0.3 is 0 Å². The minimum atomic E-state index is 0. The number of likely N-dealkylation sites (tertiary alicyclic amines) is 1. The Morgan fingerprint density at radius 1 is 1.04 bits per heavy atom. The second-order valence-corrected chi connectivity index (χ2v) is 5.69. The molecule has 6 nitrogen and oxygen atoms in total. The Labute approximate surface area is 143 Å². The molecule has 0 saturated carbocycles. The van der Waals surface area contributed by atoms with E-state index in [1.165, 1.54) is 32.4 Å². The highest BCUT2D eigenvalue weighted by Gasteiger charge is 2.10. The average Bonchev–Trinajstić information content (AvgIpc) is 3.05. The number of nitrogens with zero attached hydrogens (tertiary/aromatic N) is 5. The third-order valence-corrected chi connectivity index (χ3v) is 4.08. The molecule has 7 heteroatoms. The molecule has 1 aliphatic rings. The van der Waals surface area contributed by atoms with Crippen LogP contribution in [-0.4, -0.2) is 51.9 Å². The van der Waals surface area contributed by atoms with Gasteiger partial charge < -0.3 is 9.64 Å². The minimum absolute atomic E-state index is 0. The molecule has 0 N–H and O–H groups in total. The lowest BCUT2D eigenvalue weighted by Gasteiger charge is -2.26. The smallest absolute Gasteiger partial charge is 0.204 e. The lowest BCUT2D eigenvalue weighted by atomic mass is 10.1. The van der Waals surface area contributed by atoms with Gasteiger partial charge in [0.1, 0.15) is 5.75 Å². The van der Waals surface area contributed by atoms with Gasteiger partial charge in [0.2, 0.25) is 5.82 Å². The van der Waals surface area contributed by atoms with Gasteiger partial charge in [-0.25, -0.2) is 0 Å². The number of rotatable bonds is 6. The largest absolute Gasteiger partial charge is 0.497 e. The van der Waals surface area contributed by atoms with Crippen LogP contribution in [-0.2, 0) is 6.54 Å². The van der Waals surface area contributed by atoms with Gasteiger partial charge in [-0.05, 0) is 68.4 Å². The molecule has 23 heavy (non-hydrogen) atoms. The minimum Gasteiger partial charge on any atom is -0.497 e. The van der Waals surface area contributed by atoms with Gasteiger partial charge in [-0.1, -0.05) is 6.42 Å². The van der Waals surface area contributed by atoms with E-state index in [0.29, 0.717) is 5.82 Å². The zero-order valence-corrected chi connectivity index (χ0v) is 14.3. The molecule has 2 aromatic rings. The molecular formula is C16H24ClN5O. The monoisotopic (exact) mass is 337 g/mol. The highest BCUT2D eigenvalue weighted by molar-refractivity contribution is 5.85. The molecule has 2 heterocycles. The van der Waals surface area contributed by atoms with Gasteiger partial charge in [0, 0.05) is 5.56 Å². The molecule has 1 fully saturated rings. The molecule has 0 aliphatic carbocycles. The zero-order chi connectivity index (χ0) is 15.2. The number of ether oxygens (including phenoxy) is 1. The SMILES string of the molecule is COc1ccc(-c2nnn(CCCN3CCCCC3)n2)cc1.Cl. The van der Waals surface area contributed by atoms with Crippen molar-refractivity contribution >= 4 is 12.4 Å². The number of halogens is 1. The van der Waals surface area contributed by atoms with Crippen LogP contribution in [0.25, 0.3) is 11.4 Å². The third kappa shape index (κ3) is 4.91. The van der Waals surface area contributed by atoms with Crippen LogP contribution in [0.3, 0.4) is 0 Å². The highest BCUT2D eigenvalue weighted by Crippen LogP contribution is 2.18. The predicted octanol–water partition coefficient (Wildman–Crippen LogP) is 2.65. The normalized spacial score (nSPS) is 15.2. The first-order valence-electron chi connectivity index (χ1n) is 8.00. The first-order valence-corrected chi connectivity index (χ1v) is 8.00. The molecule has 126 valence electrons. The summed E-state index contributed by atoms with van der Waals surface area (Å²) in [7, 11) is 1.66. The van der Waals surface area contributed by atoms with Crippen molar-refractivity contribution in [1.82, 2.24) is 25.1 Å². The second-order valence-electron chi connectivity index (χ2n) is 5.69. The summed E-state index contributed by atoms with van der Waals surface area (Å²) in [6.07, 6.45) is 5.12. The predicted molar refractivity (Wildman–Crippen MR) is 92.0 cm³/mol. The fraction of sp³-hybridized carbons (Fsp3) is 0.562. The highest BCUT2D eigenvalue weighted by atomic mass is 35.5. The second kappa shape index (κ2) is 8.84. The molecule has 0 atom stereocenters. The number of tetrazole rings is 1. The summed E-state index contributed by atoms with van der Waals surface area (Å²) in [6.45, 7) is 4.42. The average molecular weight is 338 g/mol. The van der Waals surface area contributed by atoms with E-state index in [2.05, 4.69) is 20.3 Å². The molecule has 0 amide bonds. The van der Waals surface area contributed by atoms with Crippen LogP contribution in [0.5, 0.6) is 5.75 Å². The first-order chi connectivity index (χ1) is 10.8. The molecule has 1 aromatic heterocycles. The molecule has 0 bridgehead atoms. The summed E-state index contributed by atoms with van der Waals surface area (Å²) in [5.41, 5.74) is 0.961. The van der Waals surface area contributed by atoms with E-state index in [0.717, 1.165) is 30.8 Å². The van der Waals surface area contributed by atoms with Crippen molar-refractivity contribution in [3.8, 4) is 17.1 Å². The molecule has 0 radical (unpaired) electrons. The summed E-state index contributed by atoms with van der Waals surface area (Å²) in [4.78, 5) is 4.23. The van der Waals surface area contributed by atoms with E-state index in [4.69, 9.17) is 4.74 Å². The van der Waals surface area contributed by atoms with Gasteiger partial charge in [-0.3, -0.25) is 0 Å². The summed E-state index contributed by atoms with van der Waals surface area (Å²) < 4.78 is 5.15. The van der Waals surface area contributed by atoms with Crippen molar-refractivity contribution in [1.29, 1.82) is 0 Å². The zero-order valence-electron chi connectivity index (χ0n) is 13.5. The maximum Gasteiger partial charge on any atom is 0.204 e. The van der Waals surface area contributed by atoms with E-state index in [9.17, 15) is 0 Å². The van der Waals surface area contributed by atoms with E-state index in [1.807, 2.05) is 24.3 Å². The lowest BCUT2D eigenvalue weighted by Crippen LogP contribution is -2.31. The number of piperidine rings is 1. The number of benzene rings is 1. The molecule has 0 spiro atoms. The number of hydrogen-bond donors (Lipinski definition) is 0.